The first kappa shape index (κ1) is 8.75. The van der Waals surface area contributed by atoms with Crippen LogP contribution in [0.5, 0.6) is 0 Å². The molecule has 0 aromatic carbocycles. The topological polar surface area (TPSA) is 21.1 Å². The van der Waals surface area contributed by atoms with Crippen molar-refractivity contribution in [3.63, 3.8) is 0 Å². The molecule has 2 heterocycles. The van der Waals surface area contributed by atoms with Crippen LogP contribution >= 0.6 is 0 Å². The average Bonchev–Trinajstić information content (AvgIpc) is 2.31. The van der Waals surface area contributed by atoms with E-state index >= 15 is 0 Å². The van der Waals surface area contributed by atoms with Crippen LogP contribution in [0.25, 0.3) is 0 Å². The monoisotopic (exact) mass is 179 g/mol. The van der Waals surface area contributed by atoms with Gasteiger partial charge in [0.15, 0.2) is 0 Å². The molecule has 0 amide bonds. The predicted octanol–water partition coefficient (Wildman–Crippen LogP) is 1.54. The molecular formula is C10H17N3. The van der Waals surface area contributed by atoms with E-state index in [1.165, 1.54) is 0 Å². The maximum absolute atomic E-state index is 4.24. The molecule has 0 unspecified atom stereocenters. The second-order valence-electron chi connectivity index (χ2n) is 4.72. The number of rotatable bonds is 1. The minimum atomic E-state index is 0.309. The summed E-state index contributed by atoms with van der Waals surface area (Å²) in [5, 5.41) is 4.24. The number of nitrogens with zero attached hydrogens (tertiary/aromatic N) is 3. The SMILES string of the molecule is CC(C)(C)N1CC(n2cccn2)C1. The Morgan fingerprint density at radius 3 is 2.46 bits per heavy atom. The molecule has 3 nitrogen and oxygen atoms in total. The summed E-state index contributed by atoms with van der Waals surface area (Å²) in [5.41, 5.74) is 0.309. The molecule has 2 rings (SSSR count). The normalized spacial score (nSPS) is 20.2. The van der Waals surface area contributed by atoms with E-state index in [0.717, 1.165) is 13.1 Å². The van der Waals surface area contributed by atoms with Crippen molar-refractivity contribution >= 4 is 0 Å². The van der Waals surface area contributed by atoms with Crippen molar-refractivity contribution in [1.29, 1.82) is 0 Å². The van der Waals surface area contributed by atoms with Crippen LogP contribution in [-0.4, -0.2) is 33.3 Å². The summed E-state index contributed by atoms with van der Waals surface area (Å²) in [5.74, 6) is 0. The summed E-state index contributed by atoms with van der Waals surface area (Å²) in [6.07, 6.45) is 3.89. The van der Waals surface area contributed by atoms with Gasteiger partial charge in [-0.25, -0.2) is 0 Å². The molecule has 0 spiro atoms. The lowest BCUT2D eigenvalue weighted by Gasteiger charge is -2.47. The van der Waals surface area contributed by atoms with Crippen molar-refractivity contribution in [2.75, 3.05) is 13.1 Å². The highest BCUT2D eigenvalue weighted by Gasteiger charge is 2.35. The van der Waals surface area contributed by atoms with Crippen LogP contribution in [0.15, 0.2) is 18.5 Å². The molecule has 1 aromatic heterocycles. The third-order valence-corrected chi connectivity index (χ3v) is 2.71. The summed E-state index contributed by atoms with van der Waals surface area (Å²) in [7, 11) is 0. The number of hydrogen-bond acceptors (Lipinski definition) is 2. The van der Waals surface area contributed by atoms with Crippen LogP contribution in [0.4, 0.5) is 0 Å². The van der Waals surface area contributed by atoms with Crippen LogP contribution in [0.1, 0.15) is 26.8 Å². The summed E-state index contributed by atoms with van der Waals surface area (Å²) >= 11 is 0. The summed E-state index contributed by atoms with van der Waals surface area (Å²) in [6, 6.07) is 2.58. The lowest BCUT2D eigenvalue weighted by atomic mass is 9.98. The molecule has 1 saturated heterocycles. The molecule has 3 heteroatoms. The van der Waals surface area contributed by atoms with Crippen molar-refractivity contribution in [3.05, 3.63) is 18.5 Å². The van der Waals surface area contributed by atoms with Gasteiger partial charge in [-0.05, 0) is 26.8 Å². The van der Waals surface area contributed by atoms with Crippen molar-refractivity contribution < 1.29 is 0 Å². The molecule has 0 bridgehead atoms. The molecule has 0 saturated carbocycles. The standard InChI is InChI=1S/C10H17N3/c1-10(2,3)12-7-9(8-12)13-6-4-5-11-13/h4-6,9H,7-8H2,1-3H3. The fraction of sp³-hybridized carbons (Fsp3) is 0.700. The molecule has 0 N–H and O–H groups in total. The van der Waals surface area contributed by atoms with Crippen LogP contribution in [0.3, 0.4) is 0 Å². The Morgan fingerprint density at radius 2 is 2.00 bits per heavy atom. The van der Waals surface area contributed by atoms with Gasteiger partial charge in [0.1, 0.15) is 0 Å². The second kappa shape index (κ2) is 2.84. The Labute approximate surface area is 79.3 Å². The number of aromatic nitrogens is 2. The Balaban J connectivity index is 1.93. The zero-order valence-corrected chi connectivity index (χ0v) is 8.57. The van der Waals surface area contributed by atoms with Crippen LogP contribution < -0.4 is 0 Å². The maximum Gasteiger partial charge on any atom is 0.0773 e. The van der Waals surface area contributed by atoms with Gasteiger partial charge in [0.05, 0.1) is 6.04 Å². The average molecular weight is 179 g/mol. The van der Waals surface area contributed by atoms with Gasteiger partial charge in [0.2, 0.25) is 0 Å². The zero-order chi connectivity index (χ0) is 9.47. The van der Waals surface area contributed by atoms with E-state index in [0.29, 0.717) is 11.6 Å². The molecule has 0 aliphatic carbocycles. The highest BCUT2D eigenvalue weighted by molar-refractivity contribution is 4.93. The lowest BCUT2D eigenvalue weighted by Crippen LogP contribution is -2.56. The summed E-state index contributed by atoms with van der Waals surface area (Å²) < 4.78 is 2.06. The van der Waals surface area contributed by atoms with Gasteiger partial charge in [-0.15, -0.1) is 0 Å². The van der Waals surface area contributed by atoms with Crippen molar-refractivity contribution in [2.45, 2.75) is 32.4 Å². The minimum Gasteiger partial charge on any atom is -0.294 e. The lowest BCUT2D eigenvalue weighted by molar-refractivity contribution is 0.0155. The fourth-order valence-electron chi connectivity index (χ4n) is 1.67. The van der Waals surface area contributed by atoms with Crippen molar-refractivity contribution in [2.24, 2.45) is 0 Å². The Bertz CT molecular complexity index is 265. The Hall–Kier alpha value is -0.830. The predicted molar refractivity (Wildman–Crippen MR) is 52.6 cm³/mol. The quantitative estimate of drug-likeness (QED) is 0.652. The third kappa shape index (κ3) is 1.61. The second-order valence-corrected chi connectivity index (χ2v) is 4.72. The Morgan fingerprint density at radius 1 is 1.31 bits per heavy atom. The first-order valence-corrected chi connectivity index (χ1v) is 4.81. The minimum absolute atomic E-state index is 0.309. The van der Waals surface area contributed by atoms with E-state index in [4.69, 9.17) is 0 Å². The van der Waals surface area contributed by atoms with Gasteiger partial charge >= 0.3 is 0 Å². The summed E-state index contributed by atoms with van der Waals surface area (Å²) in [6.45, 7) is 9.03. The first-order chi connectivity index (χ1) is 6.07. The van der Waals surface area contributed by atoms with Crippen LogP contribution in [-0.2, 0) is 0 Å². The largest absolute Gasteiger partial charge is 0.294 e. The molecule has 0 radical (unpaired) electrons. The third-order valence-electron chi connectivity index (χ3n) is 2.71. The zero-order valence-electron chi connectivity index (χ0n) is 8.57. The van der Waals surface area contributed by atoms with Gasteiger partial charge in [0.25, 0.3) is 0 Å². The number of hydrogen-bond donors (Lipinski definition) is 0. The molecular weight excluding hydrogens is 162 g/mol. The Kier molecular flexibility index (Phi) is 1.91. The molecule has 1 fully saturated rings. The summed E-state index contributed by atoms with van der Waals surface area (Å²) in [4.78, 5) is 2.47. The number of likely N-dealkylation sites (tertiary alicyclic amines) is 1. The van der Waals surface area contributed by atoms with E-state index < -0.39 is 0 Å². The van der Waals surface area contributed by atoms with E-state index in [-0.39, 0.29) is 0 Å². The smallest absolute Gasteiger partial charge is 0.0773 e. The van der Waals surface area contributed by atoms with Crippen molar-refractivity contribution in [1.82, 2.24) is 14.7 Å². The van der Waals surface area contributed by atoms with E-state index in [2.05, 4.69) is 35.5 Å². The molecule has 13 heavy (non-hydrogen) atoms. The molecule has 1 aliphatic rings. The van der Waals surface area contributed by atoms with Crippen molar-refractivity contribution in [3.8, 4) is 0 Å². The molecule has 0 atom stereocenters. The first-order valence-electron chi connectivity index (χ1n) is 4.81. The molecule has 1 aliphatic heterocycles. The van der Waals surface area contributed by atoms with E-state index in [9.17, 15) is 0 Å². The fourth-order valence-corrected chi connectivity index (χ4v) is 1.67. The van der Waals surface area contributed by atoms with Gasteiger partial charge < -0.3 is 0 Å². The van der Waals surface area contributed by atoms with E-state index in [1.807, 2.05) is 18.5 Å². The van der Waals surface area contributed by atoms with Gasteiger partial charge in [-0.2, -0.15) is 5.10 Å². The van der Waals surface area contributed by atoms with Gasteiger partial charge in [0, 0.05) is 31.0 Å². The highest BCUT2D eigenvalue weighted by atomic mass is 15.4. The van der Waals surface area contributed by atoms with Gasteiger partial charge in [-0.3, -0.25) is 9.58 Å². The van der Waals surface area contributed by atoms with Gasteiger partial charge in [-0.1, -0.05) is 0 Å². The highest BCUT2D eigenvalue weighted by Crippen LogP contribution is 2.27. The van der Waals surface area contributed by atoms with E-state index in [1.54, 1.807) is 0 Å². The molecule has 1 aromatic rings. The van der Waals surface area contributed by atoms with Crippen LogP contribution in [0.2, 0.25) is 0 Å². The maximum atomic E-state index is 4.24. The molecule has 72 valence electrons. The van der Waals surface area contributed by atoms with Crippen LogP contribution in [0, 0.1) is 0 Å².